The van der Waals surface area contributed by atoms with Gasteiger partial charge in [0.05, 0.1) is 0 Å². The fourth-order valence-corrected chi connectivity index (χ4v) is 3.54. The van der Waals surface area contributed by atoms with Crippen molar-refractivity contribution in [1.29, 1.82) is 0 Å². The van der Waals surface area contributed by atoms with Gasteiger partial charge in [-0.15, -0.1) is 0 Å². The summed E-state index contributed by atoms with van der Waals surface area (Å²) in [4.78, 5) is 0. The van der Waals surface area contributed by atoms with Gasteiger partial charge in [-0.25, -0.2) is 0 Å². The summed E-state index contributed by atoms with van der Waals surface area (Å²) in [5.41, 5.74) is 2.80. The van der Waals surface area contributed by atoms with Crippen LogP contribution in [0.15, 0.2) is 12.1 Å². The van der Waals surface area contributed by atoms with E-state index in [4.69, 9.17) is 0 Å². The van der Waals surface area contributed by atoms with Crippen LogP contribution < -0.4 is 0 Å². The molecular formula is C23H38O2. The normalized spacial score (nSPS) is 16.2. The molecule has 142 valence electrons. The van der Waals surface area contributed by atoms with Gasteiger partial charge in [-0.2, -0.15) is 0 Å². The predicted octanol–water partition coefficient (Wildman–Crippen LogP) is 6.76. The molecule has 1 aromatic carbocycles. The summed E-state index contributed by atoms with van der Waals surface area (Å²) < 4.78 is 0. The maximum absolute atomic E-state index is 10.3. The van der Waals surface area contributed by atoms with Gasteiger partial charge in [0.1, 0.15) is 11.5 Å². The van der Waals surface area contributed by atoms with Crippen LogP contribution in [0.4, 0.5) is 0 Å². The smallest absolute Gasteiger partial charge is 0.119 e. The second kappa shape index (κ2) is 8.47. The molecule has 2 N–H and O–H groups in total. The standard InChI is InChI=1S/C23H38O2/c1-22(2,3)12-8-5-6-10-18-16-21(25)19(17-20(18)24)11-7-9-13-23(4)14-15-23/h16-17,24-25H,5-15H2,1-4H3. The Balaban J connectivity index is 1.74. The molecule has 1 aliphatic carbocycles. The Morgan fingerprint density at radius 3 is 1.84 bits per heavy atom. The zero-order chi connectivity index (χ0) is 18.5. The van der Waals surface area contributed by atoms with E-state index in [1.807, 2.05) is 0 Å². The first kappa shape index (κ1) is 20.1. The van der Waals surface area contributed by atoms with Gasteiger partial charge < -0.3 is 10.2 Å². The molecule has 1 aliphatic rings. The van der Waals surface area contributed by atoms with E-state index >= 15 is 0 Å². The third-order valence-corrected chi connectivity index (χ3v) is 5.73. The van der Waals surface area contributed by atoms with Crippen molar-refractivity contribution in [3.63, 3.8) is 0 Å². The lowest BCUT2D eigenvalue weighted by Gasteiger charge is -2.17. The van der Waals surface area contributed by atoms with E-state index in [1.54, 1.807) is 12.1 Å². The first-order valence-corrected chi connectivity index (χ1v) is 10.2. The Hall–Kier alpha value is -1.18. The Morgan fingerprint density at radius 2 is 1.36 bits per heavy atom. The van der Waals surface area contributed by atoms with Gasteiger partial charge in [0.15, 0.2) is 0 Å². The highest BCUT2D eigenvalue weighted by Gasteiger charge is 2.35. The molecule has 1 aromatic rings. The van der Waals surface area contributed by atoms with E-state index in [0.717, 1.165) is 36.8 Å². The number of phenolic OH excluding ortho intramolecular Hbond substituents is 2. The third-order valence-electron chi connectivity index (χ3n) is 5.73. The van der Waals surface area contributed by atoms with E-state index in [1.165, 1.54) is 44.9 Å². The van der Waals surface area contributed by atoms with Gasteiger partial charge >= 0.3 is 0 Å². The van der Waals surface area contributed by atoms with Crippen LogP contribution in [-0.4, -0.2) is 10.2 Å². The van der Waals surface area contributed by atoms with Crippen LogP contribution in [0, 0.1) is 10.8 Å². The summed E-state index contributed by atoms with van der Waals surface area (Å²) in [5.74, 6) is 0.720. The van der Waals surface area contributed by atoms with Crippen molar-refractivity contribution in [3.05, 3.63) is 23.3 Å². The molecule has 0 heterocycles. The van der Waals surface area contributed by atoms with Crippen LogP contribution in [-0.2, 0) is 12.8 Å². The summed E-state index contributed by atoms with van der Waals surface area (Å²) in [5, 5.41) is 20.6. The van der Waals surface area contributed by atoms with Crippen LogP contribution in [0.3, 0.4) is 0 Å². The second-order valence-corrected chi connectivity index (χ2v) is 9.75. The highest BCUT2D eigenvalue weighted by atomic mass is 16.3. The van der Waals surface area contributed by atoms with Gasteiger partial charge in [0.25, 0.3) is 0 Å². The summed E-state index contributed by atoms with van der Waals surface area (Å²) >= 11 is 0. The first-order valence-electron chi connectivity index (χ1n) is 10.2. The van der Waals surface area contributed by atoms with Crippen molar-refractivity contribution in [2.24, 2.45) is 10.8 Å². The predicted molar refractivity (Wildman–Crippen MR) is 106 cm³/mol. The molecule has 0 atom stereocenters. The first-order chi connectivity index (χ1) is 11.7. The van der Waals surface area contributed by atoms with Crippen LogP contribution in [0.2, 0.25) is 0 Å². The number of hydrogen-bond acceptors (Lipinski definition) is 2. The number of rotatable bonds is 10. The van der Waals surface area contributed by atoms with Crippen LogP contribution in [0.1, 0.15) is 96.6 Å². The number of aromatic hydroxyl groups is 2. The van der Waals surface area contributed by atoms with Gasteiger partial charge in [-0.3, -0.25) is 0 Å². The molecule has 2 nitrogen and oxygen atoms in total. The molecule has 2 heteroatoms. The average Bonchev–Trinajstić information content (AvgIpc) is 3.24. The van der Waals surface area contributed by atoms with Gasteiger partial charge in [-0.05, 0) is 85.5 Å². The molecule has 0 unspecified atom stereocenters. The molecule has 0 aliphatic heterocycles. The average molecular weight is 347 g/mol. The molecule has 1 saturated carbocycles. The number of hydrogen-bond donors (Lipinski definition) is 2. The summed E-state index contributed by atoms with van der Waals surface area (Å²) in [6, 6.07) is 3.58. The van der Waals surface area contributed by atoms with E-state index in [0.29, 0.717) is 22.3 Å². The van der Waals surface area contributed by atoms with Crippen molar-refractivity contribution in [2.75, 3.05) is 0 Å². The van der Waals surface area contributed by atoms with Crippen LogP contribution in [0.25, 0.3) is 0 Å². The summed E-state index contributed by atoms with van der Waals surface area (Å²) in [6.45, 7) is 9.20. The SMILES string of the molecule is CC(C)(C)CCCCCc1cc(O)c(CCCCC2(C)CC2)cc1O. The van der Waals surface area contributed by atoms with E-state index in [-0.39, 0.29) is 0 Å². The minimum atomic E-state index is 0.359. The molecule has 1 fully saturated rings. The zero-order valence-corrected chi connectivity index (χ0v) is 16.8. The van der Waals surface area contributed by atoms with Gasteiger partial charge in [0, 0.05) is 0 Å². The van der Waals surface area contributed by atoms with Crippen molar-refractivity contribution >= 4 is 0 Å². The Labute approximate surface area is 154 Å². The maximum atomic E-state index is 10.3. The molecule has 0 spiro atoms. The highest BCUT2D eigenvalue weighted by molar-refractivity contribution is 5.45. The lowest BCUT2D eigenvalue weighted by molar-refractivity contribution is 0.358. The Bertz CT molecular complexity index is 550. The molecular weight excluding hydrogens is 308 g/mol. The molecule has 0 saturated heterocycles. The minimum Gasteiger partial charge on any atom is -0.508 e. The lowest BCUT2D eigenvalue weighted by atomic mass is 9.89. The van der Waals surface area contributed by atoms with Crippen molar-refractivity contribution in [2.45, 2.75) is 98.3 Å². The molecule has 25 heavy (non-hydrogen) atoms. The number of unbranched alkanes of at least 4 members (excludes halogenated alkanes) is 3. The van der Waals surface area contributed by atoms with Gasteiger partial charge in [-0.1, -0.05) is 47.0 Å². The fraction of sp³-hybridized carbons (Fsp3) is 0.739. The molecule has 0 bridgehead atoms. The van der Waals surface area contributed by atoms with E-state index in [9.17, 15) is 10.2 Å². The number of benzene rings is 1. The highest BCUT2D eigenvalue weighted by Crippen LogP contribution is 2.49. The molecule has 2 rings (SSSR count). The Kier molecular flexibility index (Phi) is 6.82. The van der Waals surface area contributed by atoms with E-state index < -0.39 is 0 Å². The lowest BCUT2D eigenvalue weighted by Crippen LogP contribution is -2.04. The number of aryl methyl sites for hydroxylation is 2. The van der Waals surface area contributed by atoms with Crippen LogP contribution >= 0.6 is 0 Å². The Morgan fingerprint density at radius 1 is 0.840 bits per heavy atom. The van der Waals surface area contributed by atoms with Crippen molar-refractivity contribution in [1.82, 2.24) is 0 Å². The summed E-state index contributed by atoms with van der Waals surface area (Å²) in [6.07, 6.45) is 12.8. The quantitative estimate of drug-likeness (QED) is 0.363. The molecule has 0 aromatic heterocycles. The monoisotopic (exact) mass is 346 g/mol. The molecule has 0 amide bonds. The largest absolute Gasteiger partial charge is 0.508 e. The maximum Gasteiger partial charge on any atom is 0.119 e. The number of phenols is 2. The van der Waals surface area contributed by atoms with E-state index in [2.05, 4.69) is 27.7 Å². The second-order valence-electron chi connectivity index (χ2n) is 9.75. The zero-order valence-electron chi connectivity index (χ0n) is 16.8. The van der Waals surface area contributed by atoms with Crippen molar-refractivity contribution < 1.29 is 10.2 Å². The fourth-order valence-electron chi connectivity index (χ4n) is 3.54. The minimum absolute atomic E-state index is 0.359. The topological polar surface area (TPSA) is 40.5 Å². The van der Waals surface area contributed by atoms with Crippen molar-refractivity contribution in [3.8, 4) is 11.5 Å². The van der Waals surface area contributed by atoms with Crippen LogP contribution in [0.5, 0.6) is 11.5 Å². The summed E-state index contributed by atoms with van der Waals surface area (Å²) in [7, 11) is 0. The molecule has 0 radical (unpaired) electrons. The van der Waals surface area contributed by atoms with Gasteiger partial charge in [0.2, 0.25) is 0 Å². The third kappa shape index (κ3) is 7.30.